The Labute approximate surface area is 97.5 Å². The van der Waals surface area contributed by atoms with E-state index in [1.54, 1.807) is 19.0 Å². The van der Waals surface area contributed by atoms with Crippen LogP contribution < -0.4 is 5.32 Å². The molecular formula is C13H20N2O. The average Bonchev–Trinajstić information content (AvgIpc) is 2.28. The molecule has 0 heterocycles. The van der Waals surface area contributed by atoms with E-state index in [2.05, 4.69) is 24.4 Å². The zero-order valence-electron chi connectivity index (χ0n) is 10.4. The molecule has 0 aromatic heterocycles. The predicted octanol–water partition coefficient (Wildman–Crippen LogP) is 1.81. The van der Waals surface area contributed by atoms with Gasteiger partial charge in [-0.05, 0) is 19.4 Å². The SMILES string of the molecule is CC(NC(C)c1ccccc1)C(=O)N(C)C. The molecule has 0 saturated carbocycles. The van der Waals surface area contributed by atoms with Gasteiger partial charge in [0.15, 0.2) is 0 Å². The average molecular weight is 220 g/mol. The topological polar surface area (TPSA) is 32.3 Å². The second kappa shape index (κ2) is 5.66. The van der Waals surface area contributed by atoms with Crippen LogP contribution in [0.3, 0.4) is 0 Å². The van der Waals surface area contributed by atoms with Crippen LogP contribution in [0.1, 0.15) is 25.5 Å². The lowest BCUT2D eigenvalue weighted by molar-refractivity contribution is -0.130. The van der Waals surface area contributed by atoms with Crippen molar-refractivity contribution < 1.29 is 4.79 Å². The summed E-state index contributed by atoms with van der Waals surface area (Å²) in [7, 11) is 3.54. The van der Waals surface area contributed by atoms with Gasteiger partial charge in [0.1, 0.15) is 0 Å². The third-order valence-electron chi connectivity index (χ3n) is 2.61. The zero-order valence-corrected chi connectivity index (χ0v) is 10.4. The summed E-state index contributed by atoms with van der Waals surface area (Å²) < 4.78 is 0. The summed E-state index contributed by atoms with van der Waals surface area (Å²) in [5, 5.41) is 3.29. The quantitative estimate of drug-likeness (QED) is 0.839. The molecule has 3 nitrogen and oxygen atoms in total. The second-order valence-electron chi connectivity index (χ2n) is 4.25. The van der Waals surface area contributed by atoms with E-state index >= 15 is 0 Å². The molecule has 2 atom stereocenters. The van der Waals surface area contributed by atoms with Crippen molar-refractivity contribution in [3.05, 3.63) is 35.9 Å². The van der Waals surface area contributed by atoms with Crippen LogP contribution in [-0.4, -0.2) is 30.9 Å². The van der Waals surface area contributed by atoms with E-state index in [4.69, 9.17) is 0 Å². The first kappa shape index (κ1) is 12.7. The maximum absolute atomic E-state index is 11.7. The van der Waals surface area contributed by atoms with Gasteiger partial charge in [-0.3, -0.25) is 10.1 Å². The van der Waals surface area contributed by atoms with Crippen molar-refractivity contribution in [2.45, 2.75) is 25.9 Å². The van der Waals surface area contributed by atoms with Crippen molar-refractivity contribution in [1.29, 1.82) is 0 Å². The van der Waals surface area contributed by atoms with Gasteiger partial charge in [-0.2, -0.15) is 0 Å². The first-order chi connectivity index (χ1) is 7.52. The fourth-order valence-corrected chi connectivity index (χ4v) is 1.67. The smallest absolute Gasteiger partial charge is 0.238 e. The summed E-state index contributed by atoms with van der Waals surface area (Å²) in [6, 6.07) is 10.1. The highest BCUT2D eigenvalue weighted by atomic mass is 16.2. The largest absolute Gasteiger partial charge is 0.347 e. The number of amides is 1. The molecule has 1 N–H and O–H groups in total. The highest BCUT2D eigenvalue weighted by Crippen LogP contribution is 2.12. The summed E-state index contributed by atoms with van der Waals surface area (Å²) in [6.45, 7) is 3.95. The molecule has 1 aromatic rings. The molecular weight excluding hydrogens is 200 g/mol. The maximum atomic E-state index is 11.7. The number of likely N-dealkylation sites (N-methyl/N-ethyl adjacent to an activating group) is 1. The molecule has 0 fully saturated rings. The van der Waals surface area contributed by atoms with Crippen molar-refractivity contribution in [3.63, 3.8) is 0 Å². The van der Waals surface area contributed by atoms with Crippen molar-refractivity contribution >= 4 is 5.91 Å². The highest BCUT2D eigenvalue weighted by molar-refractivity contribution is 5.80. The maximum Gasteiger partial charge on any atom is 0.238 e. The molecule has 0 saturated heterocycles. The Hall–Kier alpha value is -1.35. The predicted molar refractivity (Wildman–Crippen MR) is 66.1 cm³/mol. The number of nitrogens with one attached hydrogen (secondary N) is 1. The molecule has 0 bridgehead atoms. The van der Waals surface area contributed by atoms with Crippen LogP contribution in [-0.2, 0) is 4.79 Å². The van der Waals surface area contributed by atoms with Gasteiger partial charge in [-0.15, -0.1) is 0 Å². The molecule has 0 radical (unpaired) electrons. The van der Waals surface area contributed by atoms with Gasteiger partial charge in [-0.1, -0.05) is 30.3 Å². The summed E-state index contributed by atoms with van der Waals surface area (Å²) in [5.74, 6) is 0.0998. The van der Waals surface area contributed by atoms with Crippen molar-refractivity contribution in [3.8, 4) is 0 Å². The van der Waals surface area contributed by atoms with Gasteiger partial charge >= 0.3 is 0 Å². The van der Waals surface area contributed by atoms with Crippen LogP contribution in [0, 0.1) is 0 Å². The molecule has 1 rings (SSSR count). The lowest BCUT2D eigenvalue weighted by Gasteiger charge is -2.22. The fraction of sp³-hybridized carbons (Fsp3) is 0.462. The van der Waals surface area contributed by atoms with E-state index in [1.165, 1.54) is 5.56 Å². The molecule has 1 aromatic carbocycles. The van der Waals surface area contributed by atoms with Crippen molar-refractivity contribution in [2.75, 3.05) is 14.1 Å². The molecule has 16 heavy (non-hydrogen) atoms. The first-order valence-electron chi connectivity index (χ1n) is 5.54. The number of carbonyl (C=O) groups excluding carboxylic acids is 1. The monoisotopic (exact) mass is 220 g/mol. The lowest BCUT2D eigenvalue weighted by atomic mass is 10.1. The molecule has 2 unspecified atom stereocenters. The van der Waals surface area contributed by atoms with E-state index in [0.717, 1.165) is 0 Å². The second-order valence-corrected chi connectivity index (χ2v) is 4.25. The molecule has 88 valence electrons. The fourth-order valence-electron chi connectivity index (χ4n) is 1.67. The van der Waals surface area contributed by atoms with Crippen molar-refractivity contribution in [2.24, 2.45) is 0 Å². The van der Waals surface area contributed by atoms with Crippen molar-refractivity contribution in [1.82, 2.24) is 10.2 Å². The molecule has 3 heteroatoms. The Balaban J connectivity index is 2.58. The van der Waals surface area contributed by atoms with E-state index in [1.807, 2.05) is 25.1 Å². The summed E-state index contributed by atoms with van der Waals surface area (Å²) in [6.07, 6.45) is 0. The van der Waals surface area contributed by atoms with E-state index in [0.29, 0.717) is 0 Å². The number of carbonyl (C=O) groups is 1. The molecule has 0 spiro atoms. The van der Waals surface area contributed by atoms with Crippen LogP contribution >= 0.6 is 0 Å². The number of rotatable bonds is 4. The molecule has 0 aliphatic rings. The third kappa shape index (κ3) is 3.35. The van der Waals surface area contributed by atoms with Crippen LogP contribution in [0.4, 0.5) is 0 Å². The van der Waals surface area contributed by atoms with Gasteiger partial charge in [0, 0.05) is 20.1 Å². The van der Waals surface area contributed by atoms with Gasteiger partial charge in [0.2, 0.25) is 5.91 Å². The number of hydrogen-bond acceptors (Lipinski definition) is 2. The van der Waals surface area contributed by atoms with Crippen LogP contribution in [0.15, 0.2) is 30.3 Å². The lowest BCUT2D eigenvalue weighted by Crippen LogP contribution is -2.42. The zero-order chi connectivity index (χ0) is 12.1. The minimum absolute atomic E-state index is 0.0998. The number of hydrogen-bond donors (Lipinski definition) is 1. The summed E-state index contributed by atoms with van der Waals surface area (Å²) >= 11 is 0. The van der Waals surface area contributed by atoms with Gasteiger partial charge < -0.3 is 4.90 Å². The van der Waals surface area contributed by atoms with E-state index in [9.17, 15) is 4.79 Å². The first-order valence-corrected chi connectivity index (χ1v) is 5.54. The number of benzene rings is 1. The summed E-state index contributed by atoms with van der Waals surface area (Å²) in [5.41, 5.74) is 1.20. The molecule has 0 aliphatic heterocycles. The van der Waals surface area contributed by atoms with Crippen LogP contribution in [0.5, 0.6) is 0 Å². The Kier molecular flexibility index (Phi) is 4.50. The molecule has 1 amide bonds. The Morgan fingerprint density at radius 3 is 2.25 bits per heavy atom. The van der Waals surface area contributed by atoms with Gasteiger partial charge in [0.25, 0.3) is 0 Å². The van der Waals surface area contributed by atoms with Gasteiger partial charge in [0.05, 0.1) is 6.04 Å². The standard InChI is InChI=1S/C13H20N2O/c1-10(12-8-6-5-7-9-12)14-11(2)13(16)15(3)4/h5-11,14H,1-4H3. The normalized spacial score (nSPS) is 14.2. The van der Waals surface area contributed by atoms with Crippen LogP contribution in [0.2, 0.25) is 0 Å². The van der Waals surface area contributed by atoms with E-state index in [-0.39, 0.29) is 18.0 Å². The minimum Gasteiger partial charge on any atom is -0.347 e. The Bertz CT molecular complexity index is 335. The minimum atomic E-state index is -0.162. The Morgan fingerprint density at radius 1 is 1.19 bits per heavy atom. The van der Waals surface area contributed by atoms with Crippen LogP contribution in [0.25, 0.3) is 0 Å². The summed E-state index contributed by atoms with van der Waals surface area (Å²) in [4.78, 5) is 13.3. The Morgan fingerprint density at radius 2 is 1.75 bits per heavy atom. The van der Waals surface area contributed by atoms with Gasteiger partial charge in [-0.25, -0.2) is 0 Å². The number of nitrogens with zero attached hydrogens (tertiary/aromatic N) is 1. The molecule has 0 aliphatic carbocycles. The third-order valence-corrected chi connectivity index (χ3v) is 2.61. The van der Waals surface area contributed by atoms with E-state index < -0.39 is 0 Å². The highest BCUT2D eigenvalue weighted by Gasteiger charge is 2.17.